The molecule has 1 aromatic heterocycles. The lowest BCUT2D eigenvalue weighted by Gasteiger charge is -2.16. The van der Waals surface area contributed by atoms with Crippen molar-refractivity contribution in [2.75, 3.05) is 0 Å². The molecule has 6 nitrogen and oxygen atoms in total. The van der Waals surface area contributed by atoms with Crippen LogP contribution in [0.15, 0.2) is 36.0 Å². The summed E-state index contributed by atoms with van der Waals surface area (Å²) < 4.78 is 7.44. The quantitative estimate of drug-likeness (QED) is 0.802. The number of hydrogen-bond donors (Lipinski definition) is 0. The Bertz CT molecular complexity index is 622. The molecule has 6 heteroatoms. The minimum atomic E-state index is -0.467. The first kappa shape index (κ1) is 12.8. The SMILES string of the molecule is CC1(C)Cc2cc(C(Cn3cncn3)N=O)ccc2O1. The molecular formula is C14H16N4O2. The third kappa shape index (κ3) is 2.41. The Kier molecular flexibility index (Phi) is 3.00. The zero-order valence-corrected chi connectivity index (χ0v) is 11.5. The first-order chi connectivity index (χ1) is 9.57. The minimum Gasteiger partial charge on any atom is -0.487 e. The fraction of sp³-hybridized carbons (Fsp3) is 0.429. The van der Waals surface area contributed by atoms with Gasteiger partial charge in [0.1, 0.15) is 30.0 Å². The Morgan fingerprint density at radius 2 is 2.35 bits per heavy atom. The highest BCUT2D eigenvalue weighted by Crippen LogP contribution is 2.36. The van der Waals surface area contributed by atoms with Crippen LogP contribution in [0.1, 0.15) is 31.0 Å². The molecule has 3 rings (SSSR count). The molecule has 1 aliphatic rings. The molecule has 104 valence electrons. The van der Waals surface area contributed by atoms with Crippen LogP contribution in [0.25, 0.3) is 0 Å². The molecule has 0 saturated carbocycles. The zero-order valence-electron chi connectivity index (χ0n) is 11.5. The Morgan fingerprint density at radius 1 is 1.50 bits per heavy atom. The summed E-state index contributed by atoms with van der Waals surface area (Å²) in [7, 11) is 0. The maximum Gasteiger partial charge on any atom is 0.137 e. The van der Waals surface area contributed by atoms with Gasteiger partial charge < -0.3 is 4.74 Å². The number of hydrogen-bond acceptors (Lipinski definition) is 5. The van der Waals surface area contributed by atoms with E-state index >= 15 is 0 Å². The summed E-state index contributed by atoms with van der Waals surface area (Å²) >= 11 is 0. The van der Waals surface area contributed by atoms with Crippen molar-refractivity contribution < 1.29 is 4.74 Å². The van der Waals surface area contributed by atoms with Crippen molar-refractivity contribution in [3.05, 3.63) is 46.9 Å². The fourth-order valence-electron chi connectivity index (χ4n) is 2.54. The van der Waals surface area contributed by atoms with Gasteiger partial charge in [0.2, 0.25) is 0 Å². The molecule has 2 heterocycles. The second kappa shape index (κ2) is 4.70. The van der Waals surface area contributed by atoms with Crippen LogP contribution in [-0.2, 0) is 13.0 Å². The van der Waals surface area contributed by atoms with Gasteiger partial charge in [-0.05, 0) is 37.1 Å². The van der Waals surface area contributed by atoms with E-state index in [2.05, 4.69) is 29.1 Å². The first-order valence-electron chi connectivity index (χ1n) is 6.54. The summed E-state index contributed by atoms with van der Waals surface area (Å²) in [6.45, 7) is 4.50. The monoisotopic (exact) mass is 272 g/mol. The van der Waals surface area contributed by atoms with Gasteiger partial charge in [0.05, 0.1) is 6.54 Å². The number of nitrogens with zero attached hydrogens (tertiary/aromatic N) is 4. The van der Waals surface area contributed by atoms with E-state index in [-0.39, 0.29) is 5.60 Å². The molecule has 1 unspecified atom stereocenters. The fourth-order valence-corrected chi connectivity index (χ4v) is 2.54. The van der Waals surface area contributed by atoms with E-state index in [1.165, 1.54) is 6.33 Å². The number of ether oxygens (including phenoxy) is 1. The van der Waals surface area contributed by atoms with Crippen LogP contribution in [0, 0.1) is 4.91 Å². The van der Waals surface area contributed by atoms with Gasteiger partial charge in [0.25, 0.3) is 0 Å². The Balaban J connectivity index is 1.85. The van der Waals surface area contributed by atoms with E-state index in [0.29, 0.717) is 6.54 Å². The number of rotatable bonds is 4. The van der Waals surface area contributed by atoms with Crippen LogP contribution >= 0.6 is 0 Å². The molecule has 1 aromatic carbocycles. The Hall–Kier alpha value is -2.24. The molecule has 1 atom stereocenters. The van der Waals surface area contributed by atoms with Crippen LogP contribution in [0.4, 0.5) is 0 Å². The summed E-state index contributed by atoms with van der Waals surface area (Å²) in [4.78, 5) is 15.0. The predicted octanol–water partition coefficient (Wildman–Crippen LogP) is 2.50. The molecule has 0 spiro atoms. The van der Waals surface area contributed by atoms with Gasteiger partial charge in [-0.3, -0.25) is 4.68 Å². The summed E-state index contributed by atoms with van der Waals surface area (Å²) in [5, 5.41) is 7.22. The summed E-state index contributed by atoms with van der Waals surface area (Å²) in [5.74, 6) is 0.893. The number of nitroso groups, excluding NO2 is 1. The predicted molar refractivity (Wildman–Crippen MR) is 73.4 cm³/mol. The van der Waals surface area contributed by atoms with E-state index in [9.17, 15) is 4.91 Å². The van der Waals surface area contributed by atoms with E-state index in [0.717, 1.165) is 23.3 Å². The minimum absolute atomic E-state index is 0.184. The highest BCUT2D eigenvalue weighted by atomic mass is 16.5. The molecule has 0 saturated heterocycles. The van der Waals surface area contributed by atoms with E-state index in [1.807, 2.05) is 18.2 Å². The molecule has 0 fully saturated rings. The molecule has 2 aromatic rings. The van der Waals surface area contributed by atoms with Crippen molar-refractivity contribution in [3.63, 3.8) is 0 Å². The maximum absolute atomic E-state index is 11.1. The van der Waals surface area contributed by atoms with Gasteiger partial charge in [-0.25, -0.2) is 4.98 Å². The summed E-state index contributed by atoms with van der Waals surface area (Å²) in [6, 6.07) is 5.35. The lowest BCUT2D eigenvalue weighted by Crippen LogP contribution is -2.24. The molecule has 0 radical (unpaired) electrons. The number of fused-ring (bicyclic) bond motifs is 1. The maximum atomic E-state index is 11.1. The second-order valence-electron chi connectivity index (χ2n) is 5.64. The Labute approximate surface area is 116 Å². The topological polar surface area (TPSA) is 69.4 Å². The van der Waals surface area contributed by atoms with E-state index < -0.39 is 6.04 Å². The lowest BCUT2D eigenvalue weighted by molar-refractivity contribution is 0.138. The second-order valence-corrected chi connectivity index (χ2v) is 5.64. The van der Waals surface area contributed by atoms with Crippen LogP contribution in [-0.4, -0.2) is 20.4 Å². The van der Waals surface area contributed by atoms with Gasteiger partial charge in [0.15, 0.2) is 0 Å². The average molecular weight is 272 g/mol. The largest absolute Gasteiger partial charge is 0.487 e. The normalized spacial score (nSPS) is 17.3. The van der Waals surface area contributed by atoms with Crippen LogP contribution in [0.2, 0.25) is 0 Å². The average Bonchev–Trinajstić information content (AvgIpc) is 3.00. The van der Waals surface area contributed by atoms with E-state index in [4.69, 9.17) is 4.74 Å². The van der Waals surface area contributed by atoms with Crippen LogP contribution in [0.3, 0.4) is 0 Å². The third-order valence-corrected chi connectivity index (χ3v) is 3.43. The number of benzene rings is 1. The number of aromatic nitrogens is 3. The molecular weight excluding hydrogens is 256 g/mol. The zero-order chi connectivity index (χ0) is 14.2. The molecule has 20 heavy (non-hydrogen) atoms. The van der Waals surface area contributed by atoms with Gasteiger partial charge in [-0.1, -0.05) is 11.2 Å². The van der Waals surface area contributed by atoms with Crippen molar-refractivity contribution in [2.45, 2.75) is 38.5 Å². The van der Waals surface area contributed by atoms with Gasteiger partial charge >= 0.3 is 0 Å². The lowest BCUT2D eigenvalue weighted by atomic mass is 9.98. The highest BCUT2D eigenvalue weighted by molar-refractivity contribution is 5.42. The molecule has 0 bridgehead atoms. The van der Waals surface area contributed by atoms with Crippen molar-refractivity contribution in [2.24, 2.45) is 5.18 Å². The Morgan fingerprint density at radius 3 is 3.05 bits per heavy atom. The van der Waals surface area contributed by atoms with Gasteiger partial charge in [0, 0.05) is 6.42 Å². The summed E-state index contributed by atoms with van der Waals surface area (Å²) in [5.41, 5.74) is 1.83. The molecule has 0 amide bonds. The van der Waals surface area contributed by atoms with Crippen molar-refractivity contribution >= 4 is 0 Å². The van der Waals surface area contributed by atoms with Crippen molar-refractivity contribution in [1.82, 2.24) is 14.8 Å². The molecule has 0 aliphatic carbocycles. The molecule has 0 N–H and O–H groups in total. The summed E-state index contributed by atoms with van der Waals surface area (Å²) in [6.07, 6.45) is 3.86. The van der Waals surface area contributed by atoms with Crippen molar-refractivity contribution in [1.29, 1.82) is 0 Å². The van der Waals surface area contributed by atoms with Crippen molar-refractivity contribution in [3.8, 4) is 5.75 Å². The van der Waals surface area contributed by atoms with Gasteiger partial charge in [-0.2, -0.15) is 10.0 Å². The van der Waals surface area contributed by atoms with Crippen LogP contribution < -0.4 is 4.74 Å². The first-order valence-corrected chi connectivity index (χ1v) is 6.54. The standard InChI is InChI=1S/C14H16N4O2/c1-14(2)6-11-5-10(3-4-13(11)20-14)12(17-19)7-18-9-15-8-16-18/h3-5,8-9,12H,6-7H2,1-2H3. The van der Waals surface area contributed by atoms with E-state index in [1.54, 1.807) is 11.0 Å². The third-order valence-electron chi connectivity index (χ3n) is 3.43. The molecule has 1 aliphatic heterocycles. The van der Waals surface area contributed by atoms with Crippen LogP contribution in [0.5, 0.6) is 5.75 Å². The smallest absolute Gasteiger partial charge is 0.137 e. The highest BCUT2D eigenvalue weighted by Gasteiger charge is 2.30. The van der Waals surface area contributed by atoms with Gasteiger partial charge in [-0.15, -0.1) is 0 Å².